The third-order valence-corrected chi connectivity index (χ3v) is 4.12. The number of benzene rings is 2. The summed E-state index contributed by atoms with van der Waals surface area (Å²) >= 11 is 1.28. The lowest BCUT2D eigenvalue weighted by atomic mass is 10.2. The molecule has 0 aliphatic heterocycles. The molecule has 0 atom stereocenters. The highest BCUT2D eigenvalue weighted by atomic mass is 32.1. The second-order valence-corrected chi connectivity index (χ2v) is 5.72. The maximum Gasteiger partial charge on any atom is 0.294 e. The Kier molecular flexibility index (Phi) is 4.78. The van der Waals surface area contributed by atoms with Crippen molar-refractivity contribution >= 4 is 28.4 Å². The molecule has 7 nitrogen and oxygen atoms in total. The van der Waals surface area contributed by atoms with Crippen molar-refractivity contribution in [1.82, 2.24) is 4.98 Å². The molecule has 25 heavy (non-hydrogen) atoms. The predicted octanol–water partition coefficient (Wildman–Crippen LogP) is 4.06. The molecule has 0 spiro atoms. The van der Waals surface area contributed by atoms with E-state index >= 15 is 0 Å². The number of aromatic nitrogens is 1. The molecular formula is C17H11N5O2S. The average Bonchev–Trinajstić information content (AvgIpc) is 3.13. The van der Waals surface area contributed by atoms with Crippen molar-refractivity contribution in [2.75, 3.05) is 5.43 Å². The van der Waals surface area contributed by atoms with E-state index in [1.807, 2.05) is 41.8 Å². The molecule has 122 valence electrons. The molecule has 3 rings (SSSR count). The van der Waals surface area contributed by atoms with Crippen LogP contribution in [0.3, 0.4) is 0 Å². The Bertz CT molecular complexity index is 976. The normalized spacial score (nSPS) is 10.9. The summed E-state index contributed by atoms with van der Waals surface area (Å²) in [7, 11) is 0. The maximum atomic E-state index is 11.0. The molecule has 0 aliphatic rings. The number of hydrogen-bond acceptors (Lipinski definition) is 7. The number of para-hydroxylation sites is 2. The van der Waals surface area contributed by atoms with E-state index in [0.717, 1.165) is 11.3 Å². The zero-order valence-electron chi connectivity index (χ0n) is 12.8. The quantitative estimate of drug-likeness (QED) is 0.425. The summed E-state index contributed by atoms with van der Waals surface area (Å²) in [6.45, 7) is 0. The Morgan fingerprint density at radius 2 is 1.92 bits per heavy atom. The van der Waals surface area contributed by atoms with Gasteiger partial charge in [0.15, 0.2) is 10.7 Å². The number of hydrazone groups is 1. The summed E-state index contributed by atoms with van der Waals surface area (Å²) in [6, 6.07) is 17.6. The molecule has 8 heteroatoms. The minimum atomic E-state index is -0.513. The van der Waals surface area contributed by atoms with E-state index in [-0.39, 0.29) is 17.1 Å². The molecular weight excluding hydrogens is 338 g/mol. The van der Waals surface area contributed by atoms with Gasteiger partial charge in [0.25, 0.3) is 5.69 Å². The molecule has 3 aromatic rings. The molecule has 0 bridgehead atoms. The summed E-state index contributed by atoms with van der Waals surface area (Å²) < 4.78 is 0. The highest BCUT2D eigenvalue weighted by Gasteiger charge is 2.14. The highest BCUT2D eigenvalue weighted by Crippen LogP contribution is 2.24. The first-order valence-electron chi connectivity index (χ1n) is 7.17. The number of nitro groups is 1. The highest BCUT2D eigenvalue weighted by molar-refractivity contribution is 7.12. The Morgan fingerprint density at radius 3 is 2.64 bits per heavy atom. The minimum Gasteiger partial charge on any atom is -0.270 e. The van der Waals surface area contributed by atoms with Crippen molar-refractivity contribution in [3.8, 4) is 17.3 Å². The fourth-order valence-electron chi connectivity index (χ4n) is 2.09. The van der Waals surface area contributed by atoms with E-state index in [4.69, 9.17) is 0 Å². The Labute approximate surface area is 147 Å². The van der Waals surface area contributed by atoms with Crippen LogP contribution in [0.5, 0.6) is 0 Å². The van der Waals surface area contributed by atoms with Gasteiger partial charge in [-0.1, -0.05) is 42.5 Å². The second-order valence-electron chi connectivity index (χ2n) is 4.86. The van der Waals surface area contributed by atoms with Crippen molar-refractivity contribution in [3.05, 3.63) is 75.1 Å². The molecule has 1 heterocycles. The third-order valence-electron chi connectivity index (χ3n) is 3.27. The van der Waals surface area contributed by atoms with Gasteiger partial charge in [-0.25, -0.2) is 4.98 Å². The van der Waals surface area contributed by atoms with Crippen LogP contribution in [-0.2, 0) is 0 Å². The fraction of sp³-hybridized carbons (Fsp3) is 0. The Balaban J connectivity index is 1.87. The van der Waals surface area contributed by atoms with Crippen LogP contribution in [0, 0.1) is 21.4 Å². The van der Waals surface area contributed by atoms with Gasteiger partial charge >= 0.3 is 0 Å². The number of hydrogen-bond donors (Lipinski definition) is 1. The number of nitrogens with zero attached hydrogens (tertiary/aromatic N) is 4. The van der Waals surface area contributed by atoms with E-state index in [1.165, 1.54) is 23.5 Å². The third kappa shape index (κ3) is 3.68. The minimum absolute atomic E-state index is 0.0605. The molecule has 0 aliphatic carbocycles. The first kappa shape index (κ1) is 16.3. The number of anilines is 1. The first-order valence-corrected chi connectivity index (χ1v) is 8.05. The Hall–Kier alpha value is -3.57. The van der Waals surface area contributed by atoms with E-state index in [2.05, 4.69) is 15.5 Å². The smallest absolute Gasteiger partial charge is 0.270 e. The van der Waals surface area contributed by atoms with Crippen LogP contribution in [-0.4, -0.2) is 15.6 Å². The van der Waals surface area contributed by atoms with Gasteiger partial charge in [0.1, 0.15) is 11.8 Å². The predicted molar refractivity (Wildman–Crippen MR) is 96.4 cm³/mol. The van der Waals surface area contributed by atoms with E-state index < -0.39 is 4.92 Å². The lowest BCUT2D eigenvalue weighted by molar-refractivity contribution is -0.384. The number of rotatable bonds is 5. The van der Waals surface area contributed by atoms with Gasteiger partial charge < -0.3 is 0 Å². The molecule has 0 saturated carbocycles. The van der Waals surface area contributed by atoms with Gasteiger partial charge in [-0.05, 0) is 6.07 Å². The maximum absolute atomic E-state index is 11.0. The number of nitro benzene ring substituents is 1. The van der Waals surface area contributed by atoms with E-state index in [0.29, 0.717) is 5.01 Å². The standard InChI is InChI=1S/C17H11N5O2S/c18-10-14(21-20-13-8-4-5-9-16(13)22(23)24)17-19-15(11-25-17)12-6-2-1-3-7-12/h1-9,11,20H. The summed E-state index contributed by atoms with van der Waals surface area (Å²) in [4.78, 5) is 14.9. The number of nitrogens with one attached hydrogen (secondary N) is 1. The van der Waals surface area contributed by atoms with Crippen LogP contribution in [0.2, 0.25) is 0 Å². The largest absolute Gasteiger partial charge is 0.294 e. The molecule has 0 saturated heterocycles. The zero-order valence-corrected chi connectivity index (χ0v) is 13.6. The first-order chi connectivity index (χ1) is 12.2. The molecule has 0 amide bonds. The van der Waals surface area contributed by atoms with Crippen molar-refractivity contribution in [2.45, 2.75) is 0 Å². The van der Waals surface area contributed by atoms with E-state index in [9.17, 15) is 15.4 Å². The second kappa shape index (κ2) is 7.33. The SMILES string of the molecule is N#CC(=NNc1ccccc1[N+](=O)[O-])c1nc(-c2ccccc2)cs1. The summed E-state index contributed by atoms with van der Waals surface area (Å²) in [6.07, 6.45) is 0. The molecule has 1 N–H and O–H groups in total. The van der Waals surface area contributed by atoms with Crippen LogP contribution < -0.4 is 5.43 Å². The zero-order chi connectivity index (χ0) is 17.6. The van der Waals surface area contributed by atoms with Crippen LogP contribution in [0.4, 0.5) is 11.4 Å². The van der Waals surface area contributed by atoms with Crippen LogP contribution in [0.25, 0.3) is 11.3 Å². The lowest BCUT2D eigenvalue weighted by Crippen LogP contribution is -2.03. The molecule has 0 fully saturated rings. The van der Waals surface area contributed by atoms with Gasteiger partial charge in [-0.3, -0.25) is 15.5 Å². The fourth-order valence-corrected chi connectivity index (χ4v) is 2.85. The summed E-state index contributed by atoms with van der Waals surface area (Å²) in [5.74, 6) is 0. The van der Waals surface area contributed by atoms with Crippen LogP contribution in [0.1, 0.15) is 5.01 Å². The van der Waals surface area contributed by atoms with Crippen molar-refractivity contribution in [2.24, 2.45) is 5.10 Å². The van der Waals surface area contributed by atoms with Crippen molar-refractivity contribution in [1.29, 1.82) is 5.26 Å². The molecule has 0 unspecified atom stereocenters. The number of nitriles is 1. The molecule has 1 aromatic heterocycles. The van der Waals surface area contributed by atoms with E-state index in [1.54, 1.807) is 12.1 Å². The lowest BCUT2D eigenvalue weighted by Gasteiger charge is -2.01. The summed E-state index contributed by atoms with van der Waals surface area (Å²) in [5.41, 5.74) is 4.42. The van der Waals surface area contributed by atoms with Crippen molar-refractivity contribution in [3.63, 3.8) is 0 Å². The monoisotopic (exact) mass is 349 g/mol. The van der Waals surface area contributed by atoms with Crippen molar-refractivity contribution < 1.29 is 4.92 Å². The Morgan fingerprint density at radius 1 is 1.20 bits per heavy atom. The van der Waals surface area contributed by atoms with Gasteiger partial charge in [-0.2, -0.15) is 10.4 Å². The topological polar surface area (TPSA) is 104 Å². The van der Waals surface area contributed by atoms with Crippen LogP contribution >= 0.6 is 11.3 Å². The van der Waals surface area contributed by atoms with Crippen LogP contribution in [0.15, 0.2) is 65.1 Å². The number of thiazole rings is 1. The molecule has 2 aromatic carbocycles. The van der Waals surface area contributed by atoms with Gasteiger partial charge in [0.2, 0.25) is 0 Å². The van der Waals surface area contributed by atoms with Gasteiger partial charge in [0.05, 0.1) is 10.6 Å². The molecule has 0 radical (unpaired) electrons. The van der Waals surface area contributed by atoms with Gasteiger partial charge in [-0.15, -0.1) is 11.3 Å². The average molecular weight is 349 g/mol. The van der Waals surface area contributed by atoms with Gasteiger partial charge in [0, 0.05) is 17.0 Å². The summed E-state index contributed by atoms with van der Waals surface area (Å²) in [5, 5.41) is 26.6.